The van der Waals surface area contributed by atoms with E-state index in [4.69, 9.17) is 9.72 Å². The average Bonchev–Trinajstić information content (AvgIpc) is 2.75. The van der Waals surface area contributed by atoms with Crippen molar-refractivity contribution in [3.63, 3.8) is 0 Å². The van der Waals surface area contributed by atoms with Crippen LogP contribution in [0, 0.1) is 0 Å². The molecule has 0 radical (unpaired) electrons. The molecule has 1 N–H and O–H groups in total. The van der Waals surface area contributed by atoms with Gasteiger partial charge in [-0.2, -0.15) is 0 Å². The zero-order valence-corrected chi connectivity index (χ0v) is 13.9. The van der Waals surface area contributed by atoms with E-state index in [1.807, 2.05) is 0 Å². The molecule has 4 heteroatoms. The third-order valence-corrected chi connectivity index (χ3v) is 4.56. The standard InChI is InChI=1S/C17H29N3O/c1-16(2)9-13(10-17(3,4)21-16)18-11-14-12-20-8-6-5-7-15(20)19-14/h12-13,18H,5-11H2,1-4H3. The van der Waals surface area contributed by atoms with Gasteiger partial charge in [0.2, 0.25) is 0 Å². The maximum atomic E-state index is 6.15. The van der Waals surface area contributed by atoms with Gasteiger partial charge in [-0.3, -0.25) is 0 Å². The Kier molecular flexibility index (Phi) is 3.87. The van der Waals surface area contributed by atoms with E-state index in [1.54, 1.807) is 0 Å². The fourth-order valence-corrected chi connectivity index (χ4v) is 4.04. The van der Waals surface area contributed by atoms with Crippen molar-refractivity contribution in [2.45, 2.75) is 90.1 Å². The molecule has 0 aromatic carbocycles. The number of rotatable bonds is 3. The molecule has 0 amide bonds. The smallest absolute Gasteiger partial charge is 0.109 e. The molecule has 3 rings (SSSR count). The third-order valence-electron chi connectivity index (χ3n) is 4.56. The van der Waals surface area contributed by atoms with Crippen LogP contribution in [-0.2, 0) is 24.2 Å². The van der Waals surface area contributed by atoms with Gasteiger partial charge in [0.15, 0.2) is 0 Å². The van der Waals surface area contributed by atoms with E-state index in [1.165, 1.54) is 24.4 Å². The van der Waals surface area contributed by atoms with E-state index < -0.39 is 0 Å². The second kappa shape index (κ2) is 5.40. The molecule has 0 saturated carbocycles. The second-order valence-corrected chi connectivity index (χ2v) is 7.91. The van der Waals surface area contributed by atoms with E-state index in [0.29, 0.717) is 6.04 Å². The van der Waals surface area contributed by atoms with Crippen LogP contribution in [0.3, 0.4) is 0 Å². The van der Waals surface area contributed by atoms with Crippen molar-refractivity contribution < 1.29 is 4.74 Å². The number of ether oxygens (including phenoxy) is 1. The van der Waals surface area contributed by atoms with Gasteiger partial charge in [0.1, 0.15) is 5.82 Å². The van der Waals surface area contributed by atoms with E-state index in [-0.39, 0.29) is 11.2 Å². The molecule has 1 saturated heterocycles. The molecule has 0 spiro atoms. The first-order chi connectivity index (χ1) is 9.83. The first-order valence-corrected chi connectivity index (χ1v) is 8.32. The summed E-state index contributed by atoms with van der Waals surface area (Å²) >= 11 is 0. The number of fused-ring (bicyclic) bond motifs is 1. The van der Waals surface area contributed by atoms with Gasteiger partial charge in [-0.25, -0.2) is 4.98 Å². The van der Waals surface area contributed by atoms with Crippen LogP contribution in [0.2, 0.25) is 0 Å². The molecule has 0 unspecified atom stereocenters. The van der Waals surface area contributed by atoms with E-state index in [0.717, 1.165) is 32.4 Å². The summed E-state index contributed by atoms with van der Waals surface area (Å²) in [5, 5.41) is 3.70. The number of hydrogen-bond acceptors (Lipinski definition) is 3. The summed E-state index contributed by atoms with van der Waals surface area (Å²) in [5.74, 6) is 1.27. The Balaban J connectivity index is 1.60. The van der Waals surface area contributed by atoms with Crippen LogP contribution >= 0.6 is 0 Å². The summed E-state index contributed by atoms with van der Waals surface area (Å²) in [6.45, 7) is 10.8. The molecule has 118 valence electrons. The predicted octanol–water partition coefficient (Wildman–Crippen LogP) is 3.05. The summed E-state index contributed by atoms with van der Waals surface area (Å²) in [6, 6.07) is 0.502. The monoisotopic (exact) mass is 291 g/mol. The molecule has 21 heavy (non-hydrogen) atoms. The van der Waals surface area contributed by atoms with Crippen LogP contribution in [0.25, 0.3) is 0 Å². The Labute approximate surface area is 128 Å². The van der Waals surface area contributed by atoms with Gasteiger partial charge in [0, 0.05) is 31.7 Å². The third kappa shape index (κ3) is 3.67. The Bertz CT molecular complexity index is 465. The van der Waals surface area contributed by atoms with Gasteiger partial charge in [-0.15, -0.1) is 0 Å². The van der Waals surface area contributed by atoms with Gasteiger partial charge < -0.3 is 14.6 Å². The highest BCUT2D eigenvalue weighted by atomic mass is 16.5. The molecule has 1 aromatic heterocycles. The number of nitrogens with zero attached hydrogens (tertiary/aromatic N) is 2. The van der Waals surface area contributed by atoms with Crippen LogP contribution in [0.1, 0.15) is 64.9 Å². The maximum absolute atomic E-state index is 6.15. The van der Waals surface area contributed by atoms with E-state index >= 15 is 0 Å². The van der Waals surface area contributed by atoms with Crippen molar-refractivity contribution in [1.82, 2.24) is 14.9 Å². The number of aromatic nitrogens is 2. The Morgan fingerprint density at radius 3 is 2.62 bits per heavy atom. The zero-order valence-electron chi connectivity index (χ0n) is 13.9. The number of hydrogen-bond donors (Lipinski definition) is 1. The lowest BCUT2D eigenvalue weighted by molar-refractivity contribution is -0.164. The largest absolute Gasteiger partial charge is 0.370 e. The lowest BCUT2D eigenvalue weighted by Crippen LogP contribution is -2.51. The predicted molar refractivity (Wildman–Crippen MR) is 84.3 cm³/mol. The first kappa shape index (κ1) is 15.0. The van der Waals surface area contributed by atoms with E-state index in [9.17, 15) is 0 Å². The molecule has 2 aliphatic heterocycles. The molecular weight excluding hydrogens is 262 g/mol. The van der Waals surface area contributed by atoms with Crippen LogP contribution in [0.15, 0.2) is 6.20 Å². The molecule has 2 aliphatic rings. The summed E-state index contributed by atoms with van der Waals surface area (Å²) in [5.41, 5.74) is 1.09. The Morgan fingerprint density at radius 1 is 1.24 bits per heavy atom. The summed E-state index contributed by atoms with van der Waals surface area (Å²) in [6.07, 6.45) is 8.06. The Hall–Kier alpha value is -0.870. The zero-order chi connectivity index (χ0) is 15.1. The van der Waals surface area contributed by atoms with Crippen LogP contribution in [0.4, 0.5) is 0 Å². The number of nitrogens with one attached hydrogen (secondary N) is 1. The molecule has 1 aromatic rings. The lowest BCUT2D eigenvalue weighted by Gasteiger charge is -2.45. The maximum Gasteiger partial charge on any atom is 0.109 e. The minimum Gasteiger partial charge on any atom is -0.370 e. The molecule has 0 atom stereocenters. The minimum atomic E-state index is -0.0488. The quantitative estimate of drug-likeness (QED) is 0.930. The van der Waals surface area contributed by atoms with Crippen molar-refractivity contribution in [2.24, 2.45) is 0 Å². The van der Waals surface area contributed by atoms with Gasteiger partial charge >= 0.3 is 0 Å². The molecule has 0 aliphatic carbocycles. The molecule has 4 nitrogen and oxygen atoms in total. The fraction of sp³-hybridized carbons (Fsp3) is 0.824. The Morgan fingerprint density at radius 2 is 1.95 bits per heavy atom. The van der Waals surface area contributed by atoms with Crippen molar-refractivity contribution in [1.29, 1.82) is 0 Å². The number of aryl methyl sites for hydroxylation is 2. The van der Waals surface area contributed by atoms with Crippen molar-refractivity contribution in [2.75, 3.05) is 0 Å². The molecule has 3 heterocycles. The van der Waals surface area contributed by atoms with Crippen LogP contribution in [-0.4, -0.2) is 26.8 Å². The van der Waals surface area contributed by atoms with Crippen LogP contribution < -0.4 is 5.32 Å². The average molecular weight is 291 g/mol. The molecule has 1 fully saturated rings. The van der Waals surface area contributed by atoms with Gasteiger partial charge in [-0.1, -0.05) is 0 Å². The van der Waals surface area contributed by atoms with Crippen molar-refractivity contribution in [3.05, 3.63) is 17.7 Å². The van der Waals surface area contributed by atoms with Gasteiger partial charge in [0.25, 0.3) is 0 Å². The SMILES string of the molecule is CC1(C)CC(NCc2cn3c(n2)CCCC3)CC(C)(C)O1. The fourth-order valence-electron chi connectivity index (χ4n) is 4.04. The first-order valence-electron chi connectivity index (χ1n) is 8.32. The number of imidazole rings is 1. The highest BCUT2D eigenvalue weighted by molar-refractivity contribution is 5.06. The highest BCUT2D eigenvalue weighted by Gasteiger charge is 2.38. The highest BCUT2D eigenvalue weighted by Crippen LogP contribution is 2.34. The van der Waals surface area contributed by atoms with Gasteiger partial charge in [0.05, 0.1) is 16.9 Å². The minimum absolute atomic E-state index is 0.0488. The van der Waals surface area contributed by atoms with Crippen LogP contribution in [0.5, 0.6) is 0 Å². The normalized spacial score (nSPS) is 24.8. The summed E-state index contributed by atoms with van der Waals surface area (Å²) < 4.78 is 8.48. The topological polar surface area (TPSA) is 39.1 Å². The summed E-state index contributed by atoms with van der Waals surface area (Å²) in [4.78, 5) is 4.78. The second-order valence-electron chi connectivity index (χ2n) is 7.91. The van der Waals surface area contributed by atoms with E-state index in [2.05, 4.69) is 43.8 Å². The lowest BCUT2D eigenvalue weighted by atomic mass is 9.85. The summed E-state index contributed by atoms with van der Waals surface area (Å²) in [7, 11) is 0. The van der Waals surface area contributed by atoms with Gasteiger partial charge in [-0.05, 0) is 53.4 Å². The molecule has 0 bridgehead atoms. The molecular formula is C17H29N3O. The van der Waals surface area contributed by atoms with Crippen molar-refractivity contribution >= 4 is 0 Å². The van der Waals surface area contributed by atoms with Crippen molar-refractivity contribution in [3.8, 4) is 0 Å².